The van der Waals surface area contributed by atoms with Crippen LogP contribution in [0.25, 0.3) is 11.0 Å². The maximum atomic E-state index is 13.8. The number of para-hydroxylation sites is 1. The summed E-state index contributed by atoms with van der Waals surface area (Å²) in [5.41, 5.74) is 1.26. The third-order valence-electron chi connectivity index (χ3n) is 4.62. The highest BCUT2D eigenvalue weighted by Gasteiger charge is 2.17. The molecule has 0 aliphatic rings. The molecule has 2 aromatic carbocycles. The van der Waals surface area contributed by atoms with Gasteiger partial charge in [-0.1, -0.05) is 48.2 Å². The Bertz CT molecular complexity index is 1160. The summed E-state index contributed by atoms with van der Waals surface area (Å²) < 4.78 is 20.9. The third kappa shape index (κ3) is 4.30. The number of nitrogen functional groups attached to an aromatic ring is 1. The molecular formula is C21H20FN5O2S. The van der Waals surface area contributed by atoms with Gasteiger partial charge in [0, 0.05) is 11.8 Å². The number of nitrogens with zero attached hydrogens (tertiary/aromatic N) is 3. The van der Waals surface area contributed by atoms with Crippen LogP contribution in [0.15, 0.2) is 64.2 Å². The number of hydrogen-bond acceptors (Lipinski definition) is 6. The highest BCUT2D eigenvalue weighted by atomic mass is 32.2. The molecule has 0 spiro atoms. The van der Waals surface area contributed by atoms with Crippen LogP contribution in [-0.4, -0.2) is 26.5 Å². The Morgan fingerprint density at radius 1 is 1.23 bits per heavy atom. The van der Waals surface area contributed by atoms with Gasteiger partial charge in [-0.25, -0.2) is 9.07 Å². The largest absolute Gasteiger partial charge is 0.459 e. The third-order valence-corrected chi connectivity index (χ3v) is 5.57. The lowest BCUT2D eigenvalue weighted by atomic mass is 10.1. The minimum absolute atomic E-state index is 0.111. The fourth-order valence-electron chi connectivity index (χ4n) is 3.04. The number of amides is 1. The van der Waals surface area contributed by atoms with Crippen LogP contribution in [0.3, 0.4) is 0 Å². The standard InChI is InChI=1S/C21H20FN5O2S/c1-13(18-10-15-7-3-5-9-17(15)29-18)24-20(28)12-30-21-26-25-19(27(21)23)11-14-6-2-4-8-16(14)22/h2-10,13H,11-12,23H2,1H3,(H,24,28)/t13-/m1/s1. The van der Waals surface area contributed by atoms with Gasteiger partial charge in [0.05, 0.1) is 11.8 Å². The summed E-state index contributed by atoms with van der Waals surface area (Å²) in [6.07, 6.45) is 0.214. The van der Waals surface area contributed by atoms with E-state index in [0.717, 1.165) is 22.7 Å². The number of fused-ring (bicyclic) bond motifs is 1. The minimum atomic E-state index is -0.325. The zero-order chi connectivity index (χ0) is 21.1. The first kappa shape index (κ1) is 20.0. The predicted octanol–water partition coefficient (Wildman–Crippen LogP) is 3.44. The second-order valence-electron chi connectivity index (χ2n) is 6.80. The van der Waals surface area contributed by atoms with Crippen LogP contribution in [-0.2, 0) is 11.2 Å². The first-order chi connectivity index (χ1) is 14.5. The van der Waals surface area contributed by atoms with Crippen LogP contribution in [0.5, 0.6) is 0 Å². The average molecular weight is 425 g/mol. The summed E-state index contributed by atoms with van der Waals surface area (Å²) in [5, 5.41) is 12.3. The molecule has 0 bridgehead atoms. The molecule has 30 heavy (non-hydrogen) atoms. The van der Waals surface area contributed by atoms with E-state index in [1.54, 1.807) is 18.2 Å². The first-order valence-corrected chi connectivity index (χ1v) is 10.3. The van der Waals surface area contributed by atoms with Gasteiger partial charge in [-0.05, 0) is 30.7 Å². The molecule has 2 aromatic heterocycles. The topological polar surface area (TPSA) is 99.0 Å². The van der Waals surface area contributed by atoms with E-state index in [1.807, 2.05) is 37.3 Å². The van der Waals surface area contributed by atoms with Gasteiger partial charge in [-0.15, -0.1) is 10.2 Å². The number of furan rings is 1. The Morgan fingerprint density at radius 3 is 2.80 bits per heavy atom. The molecule has 7 nitrogen and oxygen atoms in total. The molecular weight excluding hydrogens is 405 g/mol. The van der Waals surface area contributed by atoms with Crippen LogP contribution in [0.2, 0.25) is 0 Å². The zero-order valence-electron chi connectivity index (χ0n) is 16.2. The van der Waals surface area contributed by atoms with Crippen molar-refractivity contribution in [2.75, 3.05) is 11.6 Å². The van der Waals surface area contributed by atoms with Gasteiger partial charge >= 0.3 is 0 Å². The highest BCUT2D eigenvalue weighted by Crippen LogP contribution is 2.24. The number of aromatic nitrogens is 3. The van der Waals surface area contributed by atoms with Crippen LogP contribution in [0.4, 0.5) is 4.39 Å². The zero-order valence-corrected chi connectivity index (χ0v) is 17.0. The molecule has 0 radical (unpaired) electrons. The van der Waals surface area contributed by atoms with Crippen LogP contribution < -0.4 is 11.2 Å². The van der Waals surface area contributed by atoms with Gasteiger partial charge in [0.15, 0.2) is 5.82 Å². The second kappa shape index (κ2) is 8.58. The molecule has 3 N–H and O–H groups in total. The van der Waals surface area contributed by atoms with E-state index in [4.69, 9.17) is 10.3 Å². The lowest BCUT2D eigenvalue weighted by Crippen LogP contribution is -2.28. The van der Waals surface area contributed by atoms with Crippen LogP contribution in [0, 0.1) is 5.82 Å². The predicted molar refractivity (Wildman–Crippen MR) is 113 cm³/mol. The molecule has 0 saturated carbocycles. The molecule has 9 heteroatoms. The summed E-state index contributed by atoms with van der Waals surface area (Å²) in [4.78, 5) is 12.3. The van der Waals surface area contributed by atoms with Crippen molar-refractivity contribution in [1.29, 1.82) is 0 Å². The summed E-state index contributed by atoms with van der Waals surface area (Å²) in [6.45, 7) is 1.86. The number of halogens is 1. The highest BCUT2D eigenvalue weighted by molar-refractivity contribution is 7.99. The van der Waals surface area contributed by atoms with Crippen molar-refractivity contribution in [2.45, 2.75) is 24.5 Å². The van der Waals surface area contributed by atoms with Gasteiger partial charge in [0.2, 0.25) is 11.1 Å². The molecule has 154 valence electrons. The van der Waals surface area contributed by atoms with Crippen molar-refractivity contribution in [3.8, 4) is 0 Å². The monoisotopic (exact) mass is 425 g/mol. The van der Waals surface area contributed by atoms with E-state index < -0.39 is 0 Å². The van der Waals surface area contributed by atoms with E-state index in [2.05, 4.69) is 15.5 Å². The molecule has 4 rings (SSSR count). The Balaban J connectivity index is 1.34. The van der Waals surface area contributed by atoms with Gasteiger partial charge in [-0.2, -0.15) is 0 Å². The van der Waals surface area contributed by atoms with Crippen molar-refractivity contribution in [3.05, 3.63) is 77.6 Å². The molecule has 0 fully saturated rings. The van der Waals surface area contributed by atoms with Crippen molar-refractivity contribution >= 4 is 28.6 Å². The van der Waals surface area contributed by atoms with Gasteiger partial charge in [-0.3, -0.25) is 4.79 Å². The van der Waals surface area contributed by atoms with Gasteiger partial charge in [0.1, 0.15) is 17.2 Å². The molecule has 1 atom stereocenters. The molecule has 0 saturated heterocycles. The molecule has 0 aliphatic heterocycles. The fraction of sp³-hybridized carbons (Fsp3) is 0.190. The van der Waals surface area contributed by atoms with Crippen molar-refractivity contribution in [3.63, 3.8) is 0 Å². The van der Waals surface area contributed by atoms with Gasteiger partial charge < -0.3 is 15.6 Å². The summed E-state index contributed by atoms with van der Waals surface area (Å²) in [6, 6.07) is 15.7. The number of hydrogen-bond donors (Lipinski definition) is 2. The average Bonchev–Trinajstić information content (AvgIpc) is 3.32. The lowest BCUT2D eigenvalue weighted by Gasteiger charge is -2.11. The minimum Gasteiger partial charge on any atom is -0.459 e. The second-order valence-corrected chi connectivity index (χ2v) is 7.74. The molecule has 1 amide bonds. The fourth-order valence-corrected chi connectivity index (χ4v) is 3.73. The van der Waals surface area contributed by atoms with Crippen molar-refractivity contribution in [2.24, 2.45) is 0 Å². The normalized spacial score (nSPS) is 12.2. The maximum absolute atomic E-state index is 13.8. The summed E-state index contributed by atoms with van der Waals surface area (Å²) in [7, 11) is 0. The number of rotatable bonds is 7. The van der Waals surface area contributed by atoms with E-state index in [-0.39, 0.29) is 29.9 Å². The summed E-state index contributed by atoms with van der Waals surface area (Å²) >= 11 is 1.16. The first-order valence-electron chi connectivity index (χ1n) is 9.34. The van der Waals surface area contributed by atoms with Crippen molar-refractivity contribution < 1.29 is 13.6 Å². The van der Waals surface area contributed by atoms with Crippen LogP contribution in [0.1, 0.15) is 30.1 Å². The molecule has 4 aromatic rings. The number of nitrogens with one attached hydrogen (secondary N) is 1. The number of carbonyl (C=O) groups is 1. The Kier molecular flexibility index (Phi) is 5.71. The number of thioether (sulfide) groups is 1. The molecule has 0 aliphatic carbocycles. The number of carbonyl (C=O) groups excluding carboxylic acids is 1. The Morgan fingerprint density at radius 2 is 2.00 bits per heavy atom. The van der Waals surface area contributed by atoms with Crippen molar-refractivity contribution in [1.82, 2.24) is 20.2 Å². The number of nitrogens with two attached hydrogens (primary N) is 1. The summed E-state index contributed by atoms with van der Waals surface area (Å²) in [5.74, 6) is 6.72. The van der Waals surface area contributed by atoms with E-state index in [9.17, 15) is 9.18 Å². The molecule has 0 unspecified atom stereocenters. The maximum Gasteiger partial charge on any atom is 0.231 e. The lowest BCUT2D eigenvalue weighted by molar-refractivity contribution is -0.119. The quantitative estimate of drug-likeness (QED) is 0.348. The van der Waals surface area contributed by atoms with E-state index in [0.29, 0.717) is 22.3 Å². The van der Waals surface area contributed by atoms with Crippen LogP contribution >= 0.6 is 11.8 Å². The Labute approximate surface area is 176 Å². The van der Waals surface area contributed by atoms with E-state index >= 15 is 0 Å². The SMILES string of the molecule is C[C@@H](NC(=O)CSc1nnc(Cc2ccccc2F)n1N)c1cc2ccccc2o1. The smallest absolute Gasteiger partial charge is 0.231 e. The van der Waals surface area contributed by atoms with Gasteiger partial charge in [0.25, 0.3) is 0 Å². The van der Waals surface area contributed by atoms with E-state index in [1.165, 1.54) is 10.7 Å². The number of benzene rings is 2. The molecule has 2 heterocycles. The Hall–Kier alpha value is -3.33.